The Bertz CT molecular complexity index is 1380. The molecule has 3 aromatic rings. The van der Waals surface area contributed by atoms with Crippen molar-refractivity contribution in [2.45, 2.75) is 116 Å². The average molecular weight is 606 g/mol. The quantitative estimate of drug-likeness (QED) is 0.209. The minimum atomic E-state index is -2.97. The zero-order valence-electron chi connectivity index (χ0n) is 26.1. The molecule has 13 heteroatoms. The topological polar surface area (TPSA) is 109 Å². The van der Waals surface area contributed by atoms with Gasteiger partial charge in [0, 0.05) is 46.0 Å². The second-order valence-corrected chi connectivity index (χ2v) is 19.6. The van der Waals surface area contributed by atoms with Crippen molar-refractivity contribution in [3.05, 3.63) is 24.4 Å². The van der Waals surface area contributed by atoms with E-state index in [2.05, 4.69) is 53.9 Å². The van der Waals surface area contributed by atoms with E-state index in [1.54, 1.807) is 38.0 Å². The van der Waals surface area contributed by atoms with Gasteiger partial charge in [0.2, 0.25) is 0 Å². The predicted molar refractivity (Wildman–Crippen MR) is 160 cm³/mol. The molecule has 3 heterocycles. The van der Waals surface area contributed by atoms with Crippen molar-refractivity contribution in [2.75, 3.05) is 6.61 Å². The van der Waals surface area contributed by atoms with Crippen LogP contribution in [0.2, 0.25) is 25.7 Å². The number of alkyl carbamates (subject to hydrolysis) is 1. The molecule has 0 aliphatic heterocycles. The SMILES string of the molecule is CC(C)Cc1nc2cnc(-c3ncn(COCC[Si](C)(C)C)n3)cc2n1C1CC(NC(=O)OC(C)(C)C)CC(F)(F)C1. The van der Waals surface area contributed by atoms with Crippen LogP contribution in [-0.2, 0) is 22.6 Å². The fraction of sp³-hybridized carbons (Fsp3) is 0.690. The van der Waals surface area contributed by atoms with Crippen LogP contribution < -0.4 is 5.32 Å². The third-order valence-corrected chi connectivity index (χ3v) is 8.65. The largest absolute Gasteiger partial charge is 0.444 e. The molecule has 1 fully saturated rings. The van der Waals surface area contributed by atoms with E-state index in [9.17, 15) is 4.79 Å². The number of nitrogens with zero attached hydrogens (tertiary/aromatic N) is 6. The molecule has 0 saturated heterocycles. The summed E-state index contributed by atoms with van der Waals surface area (Å²) in [6.45, 7) is 17.2. The second kappa shape index (κ2) is 12.4. The van der Waals surface area contributed by atoms with E-state index < -0.39 is 44.2 Å². The second-order valence-electron chi connectivity index (χ2n) is 14.0. The number of aromatic nitrogens is 6. The van der Waals surface area contributed by atoms with Crippen LogP contribution in [0.4, 0.5) is 13.6 Å². The first-order valence-electron chi connectivity index (χ1n) is 14.7. The lowest BCUT2D eigenvalue weighted by Crippen LogP contribution is -2.47. The maximum Gasteiger partial charge on any atom is 0.407 e. The number of hydrogen-bond acceptors (Lipinski definition) is 7. The summed E-state index contributed by atoms with van der Waals surface area (Å²) in [6.07, 6.45) is 2.69. The van der Waals surface area contributed by atoms with Crippen LogP contribution in [0.25, 0.3) is 22.6 Å². The number of carbonyl (C=O) groups is 1. The summed E-state index contributed by atoms with van der Waals surface area (Å²) in [4.78, 5) is 26.2. The summed E-state index contributed by atoms with van der Waals surface area (Å²) >= 11 is 0. The highest BCUT2D eigenvalue weighted by Gasteiger charge is 2.44. The summed E-state index contributed by atoms with van der Waals surface area (Å²) < 4.78 is 45.0. The van der Waals surface area contributed by atoms with Gasteiger partial charge in [-0.05, 0) is 45.2 Å². The molecular formula is C29H45F2N7O3Si. The van der Waals surface area contributed by atoms with Crippen molar-refractivity contribution in [1.82, 2.24) is 34.6 Å². The normalized spacial score (nSPS) is 19.4. The molecular weight excluding hydrogens is 560 g/mol. The first kappa shape index (κ1) is 32.0. The fourth-order valence-electron chi connectivity index (χ4n) is 5.16. The molecule has 10 nitrogen and oxygen atoms in total. The molecule has 2 unspecified atom stereocenters. The average Bonchev–Trinajstić information content (AvgIpc) is 3.42. The van der Waals surface area contributed by atoms with E-state index in [1.807, 2.05) is 10.6 Å². The number of rotatable bonds is 10. The third kappa shape index (κ3) is 8.79. The number of carbonyl (C=O) groups excluding carboxylic acids is 1. The highest BCUT2D eigenvalue weighted by molar-refractivity contribution is 6.76. The number of fused-ring (bicyclic) bond motifs is 1. The summed E-state index contributed by atoms with van der Waals surface area (Å²) in [6, 6.07) is 1.54. The minimum absolute atomic E-state index is 0.256. The van der Waals surface area contributed by atoms with Crippen LogP contribution in [0.3, 0.4) is 0 Å². The predicted octanol–water partition coefficient (Wildman–Crippen LogP) is 6.45. The number of nitrogens with one attached hydrogen (secondary N) is 1. The van der Waals surface area contributed by atoms with Gasteiger partial charge in [-0.25, -0.2) is 28.2 Å². The number of hydrogen-bond donors (Lipinski definition) is 1. The van der Waals surface area contributed by atoms with Gasteiger partial charge in [-0.1, -0.05) is 33.5 Å². The molecule has 1 aliphatic carbocycles. The Morgan fingerprint density at radius 3 is 2.62 bits per heavy atom. The zero-order chi connectivity index (χ0) is 30.9. The van der Waals surface area contributed by atoms with Crippen LogP contribution in [-0.4, -0.2) is 67.6 Å². The molecule has 3 aromatic heterocycles. The third-order valence-electron chi connectivity index (χ3n) is 6.95. The van der Waals surface area contributed by atoms with E-state index in [-0.39, 0.29) is 12.3 Å². The summed E-state index contributed by atoms with van der Waals surface area (Å²) in [7, 11) is -1.19. The van der Waals surface area contributed by atoms with Crippen molar-refractivity contribution in [3.8, 4) is 11.5 Å². The van der Waals surface area contributed by atoms with E-state index in [0.717, 1.165) is 6.04 Å². The Hall–Kier alpha value is -2.93. The van der Waals surface area contributed by atoms with Crippen molar-refractivity contribution in [2.24, 2.45) is 5.92 Å². The molecule has 1 amide bonds. The fourth-order valence-corrected chi connectivity index (χ4v) is 5.92. The number of alkyl halides is 2. The molecule has 0 bridgehead atoms. The number of halogens is 2. The standard InChI is InChI=1S/C29H45F2N7O3Si/c1-19(2)11-25-35-23-16-32-22(26-33-17-37(36-26)18-40-9-10-42(6,7)8)13-24(23)38(25)21-12-20(14-29(30,31)15-21)34-27(39)41-28(3,4)5/h13,16-17,19-21H,9-12,14-15,18H2,1-8H3,(H,34,39). The Balaban J connectivity index is 1.62. The Morgan fingerprint density at radius 2 is 1.95 bits per heavy atom. The van der Waals surface area contributed by atoms with Gasteiger partial charge in [0.1, 0.15) is 35.7 Å². The van der Waals surface area contributed by atoms with Crippen LogP contribution in [0, 0.1) is 5.92 Å². The highest BCUT2D eigenvalue weighted by Crippen LogP contribution is 2.42. The Morgan fingerprint density at radius 1 is 1.21 bits per heavy atom. The number of amides is 1. The Labute approximate surface area is 247 Å². The molecule has 0 radical (unpaired) electrons. The van der Waals surface area contributed by atoms with Gasteiger partial charge in [0.05, 0.1) is 11.7 Å². The molecule has 0 spiro atoms. The summed E-state index contributed by atoms with van der Waals surface area (Å²) in [5.41, 5.74) is 1.11. The molecule has 2 atom stereocenters. The molecule has 1 aliphatic rings. The van der Waals surface area contributed by atoms with Gasteiger partial charge >= 0.3 is 6.09 Å². The lowest BCUT2D eigenvalue weighted by Gasteiger charge is -2.37. The van der Waals surface area contributed by atoms with Crippen LogP contribution in [0.5, 0.6) is 0 Å². The lowest BCUT2D eigenvalue weighted by atomic mass is 9.87. The molecule has 232 valence electrons. The van der Waals surface area contributed by atoms with Crippen LogP contribution in [0.1, 0.15) is 65.7 Å². The van der Waals surface area contributed by atoms with Gasteiger partial charge < -0.3 is 19.4 Å². The summed E-state index contributed by atoms with van der Waals surface area (Å²) in [5.74, 6) is -1.58. The van der Waals surface area contributed by atoms with Crippen molar-refractivity contribution >= 4 is 25.2 Å². The van der Waals surface area contributed by atoms with Crippen LogP contribution in [0.15, 0.2) is 18.6 Å². The molecule has 1 N–H and O–H groups in total. The number of imidazole rings is 1. The van der Waals surface area contributed by atoms with Gasteiger partial charge in [0.25, 0.3) is 5.92 Å². The highest BCUT2D eigenvalue weighted by atomic mass is 28.3. The number of ether oxygens (including phenoxy) is 2. The summed E-state index contributed by atoms with van der Waals surface area (Å²) in [5, 5.41) is 7.21. The van der Waals surface area contributed by atoms with Gasteiger partial charge in [0.15, 0.2) is 5.82 Å². The van der Waals surface area contributed by atoms with Gasteiger partial charge in [-0.2, -0.15) is 0 Å². The van der Waals surface area contributed by atoms with Gasteiger partial charge in [-0.15, -0.1) is 5.10 Å². The maximum absolute atomic E-state index is 15.1. The molecule has 0 aromatic carbocycles. The van der Waals surface area contributed by atoms with Crippen molar-refractivity contribution in [1.29, 1.82) is 0 Å². The first-order chi connectivity index (χ1) is 19.5. The Kier molecular flexibility index (Phi) is 9.41. The maximum atomic E-state index is 15.1. The van der Waals surface area contributed by atoms with E-state index in [1.165, 1.54) is 0 Å². The van der Waals surface area contributed by atoms with E-state index >= 15 is 8.78 Å². The molecule has 42 heavy (non-hydrogen) atoms. The lowest BCUT2D eigenvalue weighted by molar-refractivity contribution is -0.0605. The monoisotopic (exact) mass is 605 g/mol. The molecule has 1 saturated carbocycles. The van der Waals surface area contributed by atoms with Crippen LogP contribution >= 0.6 is 0 Å². The van der Waals surface area contributed by atoms with E-state index in [0.29, 0.717) is 54.6 Å². The minimum Gasteiger partial charge on any atom is -0.444 e. The first-order valence-corrected chi connectivity index (χ1v) is 18.4. The van der Waals surface area contributed by atoms with E-state index in [4.69, 9.17) is 14.5 Å². The zero-order valence-corrected chi connectivity index (χ0v) is 27.1. The smallest absolute Gasteiger partial charge is 0.407 e. The number of pyridine rings is 1. The van der Waals surface area contributed by atoms with Crippen molar-refractivity contribution in [3.63, 3.8) is 0 Å². The van der Waals surface area contributed by atoms with Crippen molar-refractivity contribution < 1.29 is 23.0 Å². The molecule has 4 rings (SSSR count). The van der Waals surface area contributed by atoms with Gasteiger partial charge in [-0.3, -0.25) is 4.98 Å².